The van der Waals surface area contributed by atoms with E-state index in [0.717, 1.165) is 29.7 Å². The third-order valence-corrected chi connectivity index (χ3v) is 5.64. The van der Waals surface area contributed by atoms with Crippen molar-refractivity contribution in [3.8, 4) is 0 Å². The maximum atomic E-state index is 12.4. The molecule has 0 spiro atoms. The first kappa shape index (κ1) is 20.4. The second-order valence-corrected chi connectivity index (χ2v) is 8.16. The average Bonchev–Trinajstić information content (AvgIpc) is 2.90. The molecule has 26 heavy (non-hydrogen) atoms. The summed E-state index contributed by atoms with van der Waals surface area (Å²) in [5.74, 6) is -0.172. The van der Waals surface area contributed by atoms with E-state index in [1.54, 1.807) is 26.0 Å². The summed E-state index contributed by atoms with van der Waals surface area (Å²) in [7, 11) is 6.42. The predicted molar refractivity (Wildman–Crippen MR) is 102 cm³/mol. The number of nitrogens with one attached hydrogen (secondary N) is 1. The summed E-state index contributed by atoms with van der Waals surface area (Å²) < 4.78 is 4.93. The Kier molecular flexibility index (Phi) is 6.77. The zero-order valence-corrected chi connectivity index (χ0v) is 16.9. The summed E-state index contributed by atoms with van der Waals surface area (Å²) in [6, 6.07) is 0. The number of anilines is 1. The highest BCUT2D eigenvalue weighted by molar-refractivity contribution is 7.17. The largest absolute Gasteiger partial charge is 0.465 e. The van der Waals surface area contributed by atoms with Crippen molar-refractivity contribution in [2.75, 3.05) is 46.7 Å². The third-order valence-electron chi connectivity index (χ3n) is 4.47. The third kappa shape index (κ3) is 4.82. The Morgan fingerprint density at radius 2 is 1.92 bits per heavy atom. The number of esters is 1. The molecule has 1 aliphatic rings. The molecular weight excluding hydrogens is 354 g/mol. The molecule has 7 nitrogen and oxygen atoms in total. The molecule has 0 saturated carbocycles. The van der Waals surface area contributed by atoms with Crippen LogP contribution in [0.3, 0.4) is 0 Å². The zero-order valence-electron chi connectivity index (χ0n) is 16.0. The van der Waals surface area contributed by atoms with Crippen molar-refractivity contribution in [3.63, 3.8) is 0 Å². The molecule has 1 aliphatic carbocycles. The van der Waals surface area contributed by atoms with E-state index in [2.05, 4.69) is 12.2 Å². The van der Waals surface area contributed by atoms with Gasteiger partial charge in [0.2, 0.25) is 11.8 Å². The van der Waals surface area contributed by atoms with Crippen molar-refractivity contribution in [1.29, 1.82) is 0 Å². The van der Waals surface area contributed by atoms with Gasteiger partial charge in [-0.2, -0.15) is 0 Å². The highest BCUT2D eigenvalue weighted by Gasteiger charge is 2.29. The number of amides is 2. The van der Waals surface area contributed by atoms with Crippen molar-refractivity contribution < 1.29 is 19.1 Å². The number of rotatable bonds is 6. The number of carbonyl (C=O) groups is 3. The van der Waals surface area contributed by atoms with Gasteiger partial charge in [0.1, 0.15) is 5.00 Å². The molecule has 2 rings (SSSR count). The van der Waals surface area contributed by atoms with E-state index in [1.807, 2.05) is 0 Å². The van der Waals surface area contributed by atoms with Gasteiger partial charge < -0.3 is 15.0 Å². The Morgan fingerprint density at radius 1 is 1.23 bits per heavy atom. The van der Waals surface area contributed by atoms with Crippen LogP contribution in [0, 0.1) is 5.92 Å². The van der Waals surface area contributed by atoms with Crippen LogP contribution in [-0.4, -0.2) is 68.9 Å². The summed E-state index contributed by atoms with van der Waals surface area (Å²) >= 11 is 1.46. The van der Waals surface area contributed by atoms with Gasteiger partial charge in [0.25, 0.3) is 0 Å². The van der Waals surface area contributed by atoms with Crippen molar-refractivity contribution in [1.82, 2.24) is 9.80 Å². The van der Waals surface area contributed by atoms with E-state index in [1.165, 1.54) is 23.3 Å². The predicted octanol–water partition coefficient (Wildman–Crippen LogP) is 1.62. The number of methoxy groups -OCH3 is 1. The molecule has 0 radical (unpaired) electrons. The van der Waals surface area contributed by atoms with Crippen LogP contribution in [0.2, 0.25) is 0 Å². The lowest BCUT2D eigenvalue weighted by Crippen LogP contribution is -2.38. The Morgan fingerprint density at radius 3 is 2.54 bits per heavy atom. The smallest absolute Gasteiger partial charge is 0.341 e. The van der Waals surface area contributed by atoms with Gasteiger partial charge in [-0.1, -0.05) is 6.92 Å². The molecule has 1 aromatic heterocycles. The molecule has 1 atom stereocenters. The minimum atomic E-state index is -0.413. The molecule has 2 amide bonds. The highest BCUT2D eigenvalue weighted by atomic mass is 32.1. The molecule has 0 bridgehead atoms. The number of carbonyl (C=O) groups excluding carboxylic acids is 3. The van der Waals surface area contributed by atoms with Gasteiger partial charge in [-0.15, -0.1) is 11.3 Å². The quantitative estimate of drug-likeness (QED) is 0.758. The van der Waals surface area contributed by atoms with Crippen LogP contribution in [0.25, 0.3) is 0 Å². The molecule has 0 aliphatic heterocycles. The Balaban J connectivity index is 2.12. The van der Waals surface area contributed by atoms with Crippen molar-refractivity contribution in [2.45, 2.75) is 26.2 Å². The van der Waals surface area contributed by atoms with Gasteiger partial charge in [0.05, 0.1) is 25.8 Å². The first-order valence-corrected chi connectivity index (χ1v) is 9.46. The van der Waals surface area contributed by atoms with Gasteiger partial charge in [-0.3, -0.25) is 14.5 Å². The number of nitrogens with zero attached hydrogens (tertiary/aromatic N) is 2. The summed E-state index contributed by atoms with van der Waals surface area (Å²) in [5.41, 5.74) is 1.49. The van der Waals surface area contributed by atoms with Gasteiger partial charge in [0, 0.05) is 19.0 Å². The number of fused-ring (bicyclic) bond motifs is 1. The Hall–Kier alpha value is -1.93. The highest BCUT2D eigenvalue weighted by Crippen LogP contribution is 2.39. The number of likely N-dealkylation sites (N-methyl/N-ethyl adjacent to an activating group) is 2. The molecule has 144 valence electrons. The normalized spacial score (nSPS) is 16.2. The van der Waals surface area contributed by atoms with Crippen LogP contribution in [0.5, 0.6) is 0 Å². The van der Waals surface area contributed by atoms with Crippen molar-refractivity contribution in [2.24, 2.45) is 5.92 Å². The van der Waals surface area contributed by atoms with Gasteiger partial charge in [-0.25, -0.2) is 4.79 Å². The van der Waals surface area contributed by atoms with Gasteiger partial charge in [-0.05, 0) is 37.8 Å². The van der Waals surface area contributed by atoms with E-state index >= 15 is 0 Å². The minimum Gasteiger partial charge on any atom is -0.465 e. The fraction of sp³-hybridized carbons (Fsp3) is 0.611. The zero-order chi connectivity index (χ0) is 19.4. The lowest BCUT2D eigenvalue weighted by molar-refractivity contribution is -0.130. The fourth-order valence-corrected chi connectivity index (χ4v) is 4.41. The maximum absolute atomic E-state index is 12.4. The molecule has 0 fully saturated rings. The maximum Gasteiger partial charge on any atom is 0.341 e. The van der Waals surface area contributed by atoms with Gasteiger partial charge >= 0.3 is 5.97 Å². The summed E-state index contributed by atoms with van der Waals surface area (Å²) in [6.07, 6.45) is 2.76. The lowest BCUT2D eigenvalue weighted by atomic mass is 9.88. The molecule has 1 heterocycles. The van der Waals surface area contributed by atoms with Crippen molar-refractivity contribution >= 4 is 34.1 Å². The molecule has 8 heteroatoms. The van der Waals surface area contributed by atoms with E-state index in [9.17, 15) is 14.4 Å². The standard InChI is InChI=1S/C18H27N3O4S/c1-11-6-7-12-13(8-11)26-17(16(12)18(24)25-5)19-14(22)9-21(4)10-15(23)20(2)3/h11H,6-10H2,1-5H3,(H,19,22)/t11-/m0/s1. The number of ether oxygens (including phenoxy) is 1. The topological polar surface area (TPSA) is 79.0 Å². The first-order chi connectivity index (χ1) is 12.2. The van der Waals surface area contributed by atoms with Gasteiger partial charge in [0.15, 0.2) is 0 Å². The van der Waals surface area contributed by atoms with Crippen LogP contribution < -0.4 is 5.32 Å². The molecule has 1 aromatic rings. The number of thiophene rings is 1. The van der Waals surface area contributed by atoms with E-state index in [4.69, 9.17) is 4.74 Å². The Labute approximate surface area is 158 Å². The van der Waals surface area contributed by atoms with E-state index in [0.29, 0.717) is 16.5 Å². The SMILES string of the molecule is COC(=O)c1c(NC(=O)CN(C)CC(=O)N(C)C)sc2c1CC[C@H](C)C2. The first-order valence-electron chi connectivity index (χ1n) is 8.64. The molecule has 1 N–H and O–H groups in total. The molecular formula is C18H27N3O4S. The number of hydrogen-bond acceptors (Lipinski definition) is 6. The van der Waals surface area contributed by atoms with Crippen LogP contribution in [-0.2, 0) is 27.2 Å². The average molecular weight is 381 g/mol. The second kappa shape index (κ2) is 8.64. The van der Waals surface area contributed by atoms with Crippen LogP contribution in [0.15, 0.2) is 0 Å². The van der Waals surface area contributed by atoms with Crippen molar-refractivity contribution in [3.05, 3.63) is 16.0 Å². The van der Waals surface area contributed by atoms with Crippen LogP contribution in [0.1, 0.15) is 34.1 Å². The minimum absolute atomic E-state index is 0.0686. The van der Waals surface area contributed by atoms with E-state index in [-0.39, 0.29) is 24.9 Å². The fourth-order valence-electron chi connectivity index (χ4n) is 3.00. The summed E-state index contributed by atoms with van der Waals surface area (Å²) in [6.45, 7) is 2.41. The van der Waals surface area contributed by atoms with Crippen LogP contribution >= 0.6 is 11.3 Å². The summed E-state index contributed by atoms with van der Waals surface area (Å²) in [4.78, 5) is 40.6. The second-order valence-electron chi connectivity index (χ2n) is 7.06. The summed E-state index contributed by atoms with van der Waals surface area (Å²) in [5, 5.41) is 3.39. The monoisotopic (exact) mass is 381 g/mol. The number of hydrogen-bond donors (Lipinski definition) is 1. The molecule has 0 unspecified atom stereocenters. The molecule has 0 saturated heterocycles. The lowest BCUT2D eigenvalue weighted by Gasteiger charge is -2.18. The van der Waals surface area contributed by atoms with Crippen LogP contribution in [0.4, 0.5) is 5.00 Å². The Bertz CT molecular complexity index is 699. The van der Waals surface area contributed by atoms with E-state index < -0.39 is 5.97 Å². The molecule has 0 aromatic carbocycles.